The van der Waals surface area contributed by atoms with E-state index in [4.69, 9.17) is 16.8 Å². The molecule has 1 amide bonds. The van der Waals surface area contributed by atoms with Gasteiger partial charge >= 0.3 is 0 Å². The van der Waals surface area contributed by atoms with Crippen LogP contribution < -0.4 is 10.4 Å². The SMILES string of the molecule is O=C(/C=C/c1ccccc1N1CCN([S+]([O-])c2ccc(Cl)s2)CC1)NO. The second kappa shape index (κ2) is 8.90. The van der Waals surface area contributed by atoms with Crippen molar-refractivity contribution in [3.8, 4) is 0 Å². The van der Waals surface area contributed by atoms with Crippen LogP contribution in [0, 0.1) is 0 Å². The summed E-state index contributed by atoms with van der Waals surface area (Å²) in [4.78, 5) is 13.4. The molecular formula is C17H18ClN3O3S2. The zero-order chi connectivity index (χ0) is 18.5. The van der Waals surface area contributed by atoms with Gasteiger partial charge in [-0.3, -0.25) is 10.0 Å². The Kier molecular flexibility index (Phi) is 6.58. The number of hydrogen-bond donors (Lipinski definition) is 2. The fourth-order valence-corrected chi connectivity index (χ4v) is 5.45. The number of hydroxylamine groups is 1. The number of rotatable bonds is 5. The second-order valence-electron chi connectivity index (χ2n) is 5.59. The first-order valence-electron chi connectivity index (χ1n) is 7.97. The molecule has 1 aromatic carbocycles. The summed E-state index contributed by atoms with van der Waals surface area (Å²) < 4.78 is 16.0. The number of para-hydroxylation sites is 1. The number of hydrogen-bond acceptors (Lipinski definition) is 6. The van der Waals surface area contributed by atoms with Gasteiger partial charge in [0.05, 0.1) is 28.8 Å². The Morgan fingerprint density at radius 1 is 1.23 bits per heavy atom. The van der Waals surface area contributed by atoms with Crippen LogP contribution >= 0.6 is 22.9 Å². The average Bonchev–Trinajstić information content (AvgIpc) is 3.12. The van der Waals surface area contributed by atoms with E-state index in [1.807, 2.05) is 34.6 Å². The predicted molar refractivity (Wildman–Crippen MR) is 105 cm³/mol. The smallest absolute Gasteiger partial charge is 0.267 e. The van der Waals surface area contributed by atoms with E-state index in [-0.39, 0.29) is 0 Å². The zero-order valence-electron chi connectivity index (χ0n) is 13.8. The van der Waals surface area contributed by atoms with Crippen LogP contribution in [-0.2, 0) is 16.2 Å². The van der Waals surface area contributed by atoms with Gasteiger partial charge in [0.2, 0.25) is 4.21 Å². The Morgan fingerprint density at radius 3 is 2.62 bits per heavy atom. The summed E-state index contributed by atoms with van der Waals surface area (Å²) in [6, 6.07) is 11.3. The van der Waals surface area contributed by atoms with Crippen molar-refractivity contribution < 1.29 is 14.6 Å². The molecule has 9 heteroatoms. The number of carbonyl (C=O) groups excluding carboxylic acids is 1. The maximum atomic E-state index is 12.6. The highest BCUT2D eigenvalue weighted by Gasteiger charge is 2.29. The monoisotopic (exact) mass is 411 g/mol. The van der Waals surface area contributed by atoms with Gasteiger partial charge in [-0.2, -0.15) is 0 Å². The van der Waals surface area contributed by atoms with Crippen molar-refractivity contribution in [2.75, 3.05) is 31.1 Å². The number of amides is 1. The highest BCUT2D eigenvalue weighted by atomic mass is 35.5. The lowest BCUT2D eigenvalue weighted by Crippen LogP contribution is -2.48. The number of halogens is 1. The van der Waals surface area contributed by atoms with Gasteiger partial charge in [-0.1, -0.05) is 41.1 Å². The minimum Gasteiger partial charge on any atom is -0.592 e. The fraction of sp³-hybridized carbons (Fsp3) is 0.235. The summed E-state index contributed by atoms with van der Waals surface area (Å²) in [5, 5.41) is 8.60. The first kappa shape index (κ1) is 19.2. The molecule has 2 aromatic rings. The predicted octanol–water partition coefficient (Wildman–Crippen LogP) is 2.76. The van der Waals surface area contributed by atoms with Crippen molar-refractivity contribution in [2.45, 2.75) is 4.21 Å². The molecule has 1 aliphatic heterocycles. The van der Waals surface area contributed by atoms with Crippen LogP contribution in [0.5, 0.6) is 0 Å². The molecule has 6 nitrogen and oxygen atoms in total. The van der Waals surface area contributed by atoms with Gasteiger partial charge < -0.3 is 9.45 Å². The quantitative estimate of drug-likeness (QED) is 0.342. The summed E-state index contributed by atoms with van der Waals surface area (Å²) in [7, 11) is 0. The molecule has 1 unspecified atom stereocenters. The molecule has 0 radical (unpaired) electrons. The highest BCUT2D eigenvalue weighted by Crippen LogP contribution is 2.29. The number of nitrogens with one attached hydrogen (secondary N) is 1. The molecule has 1 fully saturated rings. The van der Waals surface area contributed by atoms with Crippen LogP contribution in [0.2, 0.25) is 4.34 Å². The lowest BCUT2D eigenvalue weighted by molar-refractivity contribution is -0.124. The molecule has 2 heterocycles. The molecule has 0 saturated carbocycles. The van der Waals surface area contributed by atoms with Crippen molar-refractivity contribution in [2.24, 2.45) is 0 Å². The molecule has 2 N–H and O–H groups in total. The molecule has 3 rings (SSSR count). The van der Waals surface area contributed by atoms with E-state index in [2.05, 4.69) is 4.90 Å². The van der Waals surface area contributed by atoms with Crippen molar-refractivity contribution in [1.82, 2.24) is 9.79 Å². The van der Waals surface area contributed by atoms with Gasteiger partial charge in [0, 0.05) is 30.9 Å². The standard InChI is InChI=1S/C17H18ClN3O3S2/c18-15-6-8-17(25-15)26(24)21-11-9-20(10-12-21)14-4-2-1-3-13(14)5-7-16(22)19-23/h1-8,23H,9-12H2,(H,19,22)/b7-5+. The van der Waals surface area contributed by atoms with Crippen molar-refractivity contribution in [1.29, 1.82) is 0 Å². The highest BCUT2D eigenvalue weighted by molar-refractivity contribution is 7.91. The normalized spacial score (nSPS) is 16.8. The lowest BCUT2D eigenvalue weighted by atomic mass is 10.1. The Hall–Kier alpha value is -1.55. The van der Waals surface area contributed by atoms with E-state index in [1.165, 1.54) is 17.4 Å². The van der Waals surface area contributed by atoms with Gasteiger partial charge in [-0.05, 0) is 23.8 Å². The number of carbonyl (C=O) groups is 1. The van der Waals surface area contributed by atoms with Crippen molar-refractivity contribution >= 4 is 52.0 Å². The van der Waals surface area contributed by atoms with E-state index >= 15 is 0 Å². The Labute approximate surface area is 164 Å². The first-order valence-corrected chi connectivity index (χ1v) is 10.3. The average molecular weight is 412 g/mol. The van der Waals surface area contributed by atoms with Gasteiger partial charge in [-0.15, -0.1) is 4.31 Å². The molecule has 1 atom stereocenters. The van der Waals surface area contributed by atoms with Crippen molar-refractivity contribution in [3.05, 3.63) is 52.4 Å². The summed E-state index contributed by atoms with van der Waals surface area (Å²) >= 11 is 6.09. The van der Waals surface area contributed by atoms with E-state index < -0.39 is 17.3 Å². The Bertz CT molecular complexity index is 791. The fourth-order valence-electron chi connectivity index (χ4n) is 2.73. The summed E-state index contributed by atoms with van der Waals surface area (Å²) in [5.41, 5.74) is 3.47. The molecule has 0 spiro atoms. The minimum absolute atomic E-state index is 0.574. The Balaban J connectivity index is 1.67. The van der Waals surface area contributed by atoms with Gasteiger partial charge in [0.1, 0.15) is 0 Å². The summed E-state index contributed by atoms with van der Waals surface area (Å²) in [5.74, 6) is -0.574. The van der Waals surface area contributed by atoms with E-state index in [1.54, 1.807) is 17.6 Å². The molecule has 138 valence electrons. The van der Waals surface area contributed by atoms with Crippen molar-refractivity contribution in [3.63, 3.8) is 0 Å². The van der Waals surface area contributed by atoms with Crippen LogP contribution in [0.3, 0.4) is 0 Å². The molecule has 1 aromatic heterocycles. The summed E-state index contributed by atoms with van der Waals surface area (Å²) in [6.45, 7) is 2.78. The minimum atomic E-state index is -1.19. The van der Waals surface area contributed by atoms with Gasteiger partial charge in [0.25, 0.3) is 5.91 Å². The Morgan fingerprint density at radius 2 is 1.96 bits per heavy atom. The third kappa shape index (κ3) is 4.59. The molecule has 26 heavy (non-hydrogen) atoms. The molecule has 1 aliphatic rings. The molecular weight excluding hydrogens is 394 g/mol. The molecule has 0 aliphatic carbocycles. The van der Waals surface area contributed by atoms with Gasteiger partial charge in [-0.25, -0.2) is 5.48 Å². The van der Waals surface area contributed by atoms with Crippen LogP contribution in [0.1, 0.15) is 5.56 Å². The van der Waals surface area contributed by atoms with Crippen LogP contribution in [-0.4, -0.2) is 46.2 Å². The van der Waals surface area contributed by atoms with Crippen LogP contribution in [0.4, 0.5) is 5.69 Å². The zero-order valence-corrected chi connectivity index (χ0v) is 16.2. The van der Waals surface area contributed by atoms with E-state index in [9.17, 15) is 9.35 Å². The maximum absolute atomic E-state index is 12.6. The topological polar surface area (TPSA) is 78.9 Å². The first-order chi connectivity index (χ1) is 12.6. The second-order valence-corrected chi connectivity index (χ2v) is 9.02. The number of piperazine rings is 1. The van der Waals surface area contributed by atoms with Crippen LogP contribution in [0.15, 0.2) is 46.7 Å². The van der Waals surface area contributed by atoms with E-state index in [0.29, 0.717) is 17.4 Å². The number of nitrogens with zero attached hydrogens (tertiary/aromatic N) is 2. The van der Waals surface area contributed by atoms with Gasteiger partial charge in [0.15, 0.2) is 0 Å². The molecule has 1 saturated heterocycles. The largest absolute Gasteiger partial charge is 0.592 e. The summed E-state index contributed by atoms with van der Waals surface area (Å²) in [6.07, 6.45) is 2.95. The third-order valence-electron chi connectivity index (χ3n) is 4.00. The number of thiophene rings is 1. The van der Waals surface area contributed by atoms with E-state index in [0.717, 1.165) is 28.5 Å². The molecule has 0 bridgehead atoms. The number of benzene rings is 1. The van der Waals surface area contributed by atoms with Crippen LogP contribution in [0.25, 0.3) is 6.08 Å². The lowest BCUT2D eigenvalue weighted by Gasteiger charge is -2.35. The third-order valence-corrected chi connectivity index (χ3v) is 7.01. The number of anilines is 1. The maximum Gasteiger partial charge on any atom is 0.267 e.